The second-order valence-corrected chi connectivity index (χ2v) is 12.6. The average molecular weight is 602 g/mol. The molecule has 1 rings (SSSR count). The predicted octanol–water partition coefficient (Wildman–Crippen LogP) is 5.03. The Morgan fingerprint density at radius 1 is 0.927 bits per heavy atom. The first-order valence-electron chi connectivity index (χ1n) is 14.8. The highest BCUT2D eigenvalue weighted by Crippen LogP contribution is 2.38. The van der Waals surface area contributed by atoms with Gasteiger partial charge in [-0.25, -0.2) is 0 Å². The van der Waals surface area contributed by atoms with Gasteiger partial charge in [-0.2, -0.15) is 0 Å². The fourth-order valence-corrected chi connectivity index (χ4v) is 4.38. The minimum absolute atomic E-state index is 0.0477. The topological polar surface area (TPSA) is 124 Å². The van der Waals surface area contributed by atoms with Crippen LogP contribution in [0.4, 0.5) is 0 Å². The molecule has 3 unspecified atom stereocenters. The van der Waals surface area contributed by atoms with E-state index in [0.29, 0.717) is 23.9 Å². The molecule has 236 valence electrons. The number of phosphoric acid groups is 1. The maximum absolute atomic E-state index is 12.3. The van der Waals surface area contributed by atoms with E-state index >= 15 is 0 Å². The van der Waals surface area contributed by atoms with Crippen LogP contribution in [0.2, 0.25) is 0 Å². The van der Waals surface area contributed by atoms with Crippen molar-refractivity contribution in [3.8, 4) is 0 Å². The van der Waals surface area contributed by atoms with Crippen LogP contribution in [0.25, 0.3) is 0 Å². The van der Waals surface area contributed by atoms with Crippen LogP contribution in [0, 0.1) is 0 Å². The van der Waals surface area contributed by atoms with Crippen molar-refractivity contribution in [1.29, 1.82) is 0 Å². The number of hydrogen-bond donors (Lipinski definition) is 0. The van der Waals surface area contributed by atoms with Gasteiger partial charge in [0.1, 0.15) is 19.8 Å². The Balaban J connectivity index is 2.23. The van der Waals surface area contributed by atoms with Crippen LogP contribution in [0.5, 0.6) is 0 Å². The Morgan fingerprint density at radius 2 is 1.56 bits per heavy atom. The van der Waals surface area contributed by atoms with Crippen molar-refractivity contribution in [2.45, 2.75) is 96.4 Å². The zero-order valence-corrected chi connectivity index (χ0v) is 26.6. The Morgan fingerprint density at radius 3 is 2.22 bits per heavy atom. The van der Waals surface area contributed by atoms with E-state index in [1.54, 1.807) is 0 Å². The van der Waals surface area contributed by atoms with E-state index in [2.05, 4.69) is 37.3 Å². The molecule has 1 fully saturated rings. The molecular formula is C30H52NO9P. The number of nitrogens with zero attached hydrogens (tertiary/aromatic N) is 1. The molecule has 10 nitrogen and oxygen atoms in total. The van der Waals surface area contributed by atoms with Gasteiger partial charge in [0.15, 0.2) is 6.10 Å². The standard InChI is InChI=1S/C30H52NO9P/c1-6-7-8-9-10-11-12-13-16-19-28-29(40-28)20-17-14-15-18-21-30(33)39-27(24-36-26(2)32)25-38-41(34,35)37-23-22-31(3,4)5/h10-11,13-14,16-17,27-29H,6-9,12,15,18-25H2,1-5H3/b11-10-,16-13-,17-14-/t27-,28?,29?/m1/s1. The predicted molar refractivity (Wildman–Crippen MR) is 157 cm³/mol. The zero-order chi connectivity index (χ0) is 30.6. The zero-order valence-electron chi connectivity index (χ0n) is 25.7. The van der Waals surface area contributed by atoms with Crippen LogP contribution in [0.1, 0.15) is 78.1 Å². The van der Waals surface area contributed by atoms with Crippen LogP contribution in [-0.2, 0) is 37.4 Å². The van der Waals surface area contributed by atoms with Crippen LogP contribution in [0.3, 0.4) is 0 Å². The Kier molecular flexibility index (Phi) is 19.0. The minimum atomic E-state index is -4.60. The summed E-state index contributed by atoms with van der Waals surface area (Å²) in [7, 11) is 1.10. The fourth-order valence-electron chi connectivity index (χ4n) is 3.65. The summed E-state index contributed by atoms with van der Waals surface area (Å²) >= 11 is 0. The first kappa shape index (κ1) is 37.2. The number of phosphoric ester groups is 1. The average Bonchev–Trinajstić information content (AvgIpc) is 3.63. The van der Waals surface area contributed by atoms with Crippen molar-refractivity contribution < 1.29 is 46.8 Å². The summed E-state index contributed by atoms with van der Waals surface area (Å²) in [6, 6.07) is 0. The third-order valence-electron chi connectivity index (χ3n) is 6.12. The number of allylic oxidation sites excluding steroid dienone is 4. The SMILES string of the molecule is CCCCC/C=C\C/C=C\CC1OC1C/C=C\CCCC(=O)O[C@H](COC(C)=O)COP(=O)([O-])OCC[N+](C)(C)C. The molecule has 1 saturated heterocycles. The van der Waals surface area contributed by atoms with Crippen molar-refractivity contribution in [1.82, 2.24) is 0 Å². The first-order valence-corrected chi connectivity index (χ1v) is 16.2. The molecule has 0 spiro atoms. The number of esters is 2. The second kappa shape index (κ2) is 21.0. The van der Waals surface area contributed by atoms with E-state index in [1.165, 1.54) is 26.2 Å². The van der Waals surface area contributed by atoms with Gasteiger partial charge < -0.3 is 32.6 Å². The Hall–Kier alpha value is -1.81. The molecule has 0 aliphatic carbocycles. The highest BCUT2D eigenvalue weighted by molar-refractivity contribution is 7.45. The second-order valence-electron chi connectivity index (χ2n) is 11.2. The Bertz CT molecular complexity index is 882. The molecule has 0 bridgehead atoms. The van der Waals surface area contributed by atoms with Crippen LogP contribution < -0.4 is 4.89 Å². The van der Waals surface area contributed by atoms with Gasteiger partial charge in [0.25, 0.3) is 7.82 Å². The van der Waals surface area contributed by atoms with Crippen LogP contribution in [0.15, 0.2) is 36.5 Å². The number of hydrogen-bond acceptors (Lipinski definition) is 9. The van der Waals surface area contributed by atoms with E-state index in [4.69, 9.17) is 23.3 Å². The molecule has 4 atom stereocenters. The lowest BCUT2D eigenvalue weighted by molar-refractivity contribution is -0.870. The molecule has 0 aromatic heterocycles. The summed E-state index contributed by atoms with van der Waals surface area (Å²) in [6.07, 6.45) is 21.5. The number of ether oxygens (including phenoxy) is 3. The monoisotopic (exact) mass is 601 g/mol. The van der Waals surface area contributed by atoms with Gasteiger partial charge >= 0.3 is 11.9 Å². The summed E-state index contributed by atoms with van der Waals surface area (Å²) in [6.45, 7) is 3.02. The molecule has 0 aromatic carbocycles. The van der Waals surface area contributed by atoms with E-state index < -0.39 is 32.5 Å². The van der Waals surface area contributed by atoms with Crippen LogP contribution >= 0.6 is 7.82 Å². The smallest absolute Gasteiger partial charge is 0.306 e. The molecule has 1 aliphatic rings. The van der Waals surface area contributed by atoms with E-state index in [1.807, 2.05) is 27.2 Å². The van der Waals surface area contributed by atoms with Crippen LogP contribution in [-0.4, -0.2) is 82.2 Å². The molecule has 11 heteroatoms. The van der Waals surface area contributed by atoms with E-state index in [0.717, 1.165) is 25.7 Å². The Labute approximate surface area is 246 Å². The van der Waals surface area contributed by atoms with Gasteiger partial charge in [0.2, 0.25) is 0 Å². The molecular weight excluding hydrogens is 549 g/mol. The summed E-state index contributed by atoms with van der Waals surface area (Å²) in [5.41, 5.74) is 0. The highest BCUT2D eigenvalue weighted by Gasteiger charge is 2.36. The number of unbranched alkanes of at least 4 members (excludes halogenated alkanes) is 4. The van der Waals surface area contributed by atoms with Gasteiger partial charge in [-0.3, -0.25) is 14.2 Å². The molecule has 0 N–H and O–H groups in total. The van der Waals surface area contributed by atoms with Gasteiger partial charge in [-0.1, -0.05) is 56.2 Å². The van der Waals surface area contributed by atoms with Gasteiger partial charge in [-0.15, -0.1) is 0 Å². The van der Waals surface area contributed by atoms with Gasteiger partial charge in [0, 0.05) is 13.3 Å². The number of epoxide rings is 1. The van der Waals surface area contributed by atoms with Crippen molar-refractivity contribution in [3.63, 3.8) is 0 Å². The molecule has 0 amide bonds. The highest BCUT2D eigenvalue weighted by atomic mass is 31.2. The normalized spacial score (nSPS) is 19.6. The fraction of sp³-hybridized carbons (Fsp3) is 0.733. The van der Waals surface area contributed by atoms with Gasteiger partial charge in [-0.05, 0) is 44.9 Å². The van der Waals surface area contributed by atoms with Gasteiger partial charge in [0.05, 0.1) is 40.0 Å². The molecule has 41 heavy (non-hydrogen) atoms. The first-order chi connectivity index (χ1) is 19.4. The lowest BCUT2D eigenvalue weighted by atomic mass is 10.1. The summed E-state index contributed by atoms with van der Waals surface area (Å²) in [5.74, 6) is -1.11. The molecule has 1 aliphatic heterocycles. The lowest BCUT2D eigenvalue weighted by Crippen LogP contribution is -2.37. The maximum atomic E-state index is 12.3. The quantitative estimate of drug-likeness (QED) is 0.0374. The summed E-state index contributed by atoms with van der Waals surface area (Å²) in [4.78, 5) is 35.5. The third kappa shape index (κ3) is 22.5. The summed E-state index contributed by atoms with van der Waals surface area (Å²) < 4.78 is 38.1. The van der Waals surface area contributed by atoms with Crippen molar-refractivity contribution in [2.75, 3.05) is 47.5 Å². The minimum Gasteiger partial charge on any atom is -0.756 e. The number of carbonyl (C=O) groups excluding carboxylic acids is 2. The molecule has 0 aromatic rings. The third-order valence-corrected chi connectivity index (χ3v) is 7.09. The molecule has 1 heterocycles. The van der Waals surface area contributed by atoms with Crippen molar-refractivity contribution >= 4 is 19.8 Å². The molecule has 0 radical (unpaired) electrons. The van der Waals surface area contributed by atoms with E-state index in [-0.39, 0.29) is 31.8 Å². The maximum Gasteiger partial charge on any atom is 0.306 e. The molecule has 0 saturated carbocycles. The number of rotatable bonds is 24. The van der Waals surface area contributed by atoms with Crippen molar-refractivity contribution in [3.05, 3.63) is 36.5 Å². The largest absolute Gasteiger partial charge is 0.756 e. The number of quaternary nitrogens is 1. The summed E-state index contributed by atoms with van der Waals surface area (Å²) in [5, 5.41) is 0. The number of likely N-dealkylation sites (N-methyl/N-ethyl adjacent to an activating group) is 1. The lowest BCUT2D eigenvalue weighted by Gasteiger charge is -2.28. The number of carbonyl (C=O) groups is 2. The van der Waals surface area contributed by atoms with Crippen molar-refractivity contribution in [2.24, 2.45) is 0 Å². The van der Waals surface area contributed by atoms with E-state index in [9.17, 15) is 19.0 Å².